The normalized spacial score (nSPS) is 17.2. The van der Waals surface area contributed by atoms with Gasteiger partial charge < -0.3 is 0 Å². The van der Waals surface area contributed by atoms with E-state index in [1.54, 1.807) is 12.1 Å². The number of fused-ring (bicyclic) bond motifs is 1. The monoisotopic (exact) mass is 269 g/mol. The summed E-state index contributed by atoms with van der Waals surface area (Å²) < 4.78 is 13.3. The Hall–Kier alpha value is -2.49. The van der Waals surface area contributed by atoms with E-state index in [0.717, 1.165) is 5.56 Å². The van der Waals surface area contributed by atoms with Crippen molar-refractivity contribution in [2.45, 2.75) is 13.0 Å². The zero-order valence-corrected chi connectivity index (χ0v) is 10.8. The van der Waals surface area contributed by atoms with Gasteiger partial charge in [-0.15, -0.1) is 0 Å². The molecule has 1 heterocycles. The van der Waals surface area contributed by atoms with Crippen LogP contribution in [0.2, 0.25) is 0 Å². The van der Waals surface area contributed by atoms with Crippen LogP contribution in [0.1, 0.15) is 28.9 Å². The summed E-state index contributed by atoms with van der Waals surface area (Å²) in [4.78, 5) is 25.8. The summed E-state index contributed by atoms with van der Waals surface area (Å²) in [6, 6.07) is 12.3. The predicted octanol–water partition coefficient (Wildman–Crippen LogP) is 3.12. The molecule has 1 aliphatic heterocycles. The molecule has 0 spiro atoms. The third kappa shape index (κ3) is 1.81. The van der Waals surface area contributed by atoms with E-state index in [0.29, 0.717) is 5.69 Å². The maximum absolute atomic E-state index is 13.3. The van der Waals surface area contributed by atoms with Gasteiger partial charge in [-0.05, 0) is 23.8 Å². The van der Waals surface area contributed by atoms with Crippen molar-refractivity contribution in [3.8, 4) is 0 Å². The SMILES string of the molecule is CC(=O)N1c2ccc(F)cc2C(=O)C1c1ccccc1. The molecule has 4 heteroatoms. The average Bonchev–Trinajstić information content (AvgIpc) is 2.73. The molecule has 20 heavy (non-hydrogen) atoms. The highest BCUT2D eigenvalue weighted by atomic mass is 19.1. The fourth-order valence-electron chi connectivity index (χ4n) is 2.61. The topological polar surface area (TPSA) is 37.4 Å². The number of amides is 1. The van der Waals surface area contributed by atoms with Crippen LogP contribution in [0.3, 0.4) is 0 Å². The number of carbonyl (C=O) groups excluding carboxylic acids is 2. The molecule has 0 saturated heterocycles. The smallest absolute Gasteiger partial charge is 0.224 e. The minimum Gasteiger partial charge on any atom is -0.297 e. The van der Waals surface area contributed by atoms with Gasteiger partial charge in [-0.3, -0.25) is 14.5 Å². The third-order valence-corrected chi connectivity index (χ3v) is 3.44. The number of hydrogen-bond donors (Lipinski definition) is 0. The molecule has 0 fully saturated rings. The first-order chi connectivity index (χ1) is 9.59. The molecule has 1 atom stereocenters. The summed E-state index contributed by atoms with van der Waals surface area (Å²) in [6.45, 7) is 1.40. The quantitative estimate of drug-likeness (QED) is 0.797. The lowest BCUT2D eigenvalue weighted by atomic mass is 10.0. The maximum Gasteiger partial charge on any atom is 0.224 e. The summed E-state index contributed by atoms with van der Waals surface area (Å²) in [5.41, 5.74) is 1.45. The Morgan fingerprint density at radius 3 is 2.50 bits per heavy atom. The lowest BCUT2D eigenvalue weighted by Crippen LogP contribution is -2.31. The van der Waals surface area contributed by atoms with Gasteiger partial charge in [0, 0.05) is 12.5 Å². The van der Waals surface area contributed by atoms with E-state index >= 15 is 0 Å². The van der Waals surface area contributed by atoms with E-state index in [1.807, 2.05) is 18.2 Å². The van der Waals surface area contributed by atoms with Gasteiger partial charge in [-0.25, -0.2) is 4.39 Å². The molecular weight excluding hydrogens is 257 g/mol. The number of ketones is 1. The van der Waals surface area contributed by atoms with Crippen molar-refractivity contribution in [1.82, 2.24) is 0 Å². The first kappa shape index (κ1) is 12.5. The Bertz CT molecular complexity index is 697. The highest BCUT2D eigenvalue weighted by Gasteiger charge is 2.40. The van der Waals surface area contributed by atoms with Gasteiger partial charge in [0.25, 0.3) is 0 Å². The second-order valence-corrected chi connectivity index (χ2v) is 4.73. The lowest BCUT2D eigenvalue weighted by Gasteiger charge is -2.23. The molecule has 100 valence electrons. The van der Waals surface area contributed by atoms with Crippen molar-refractivity contribution in [3.05, 3.63) is 65.5 Å². The minimum absolute atomic E-state index is 0.238. The van der Waals surface area contributed by atoms with Crippen molar-refractivity contribution in [2.75, 3.05) is 4.90 Å². The van der Waals surface area contributed by atoms with Gasteiger partial charge in [0.05, 0.1) is 5.69 Å². The van der Waals surface area contributed by atoms with E-state index in [2.05, 4.69) is 0 Å². The standard InChI is InChI=1S/C16H12FNO2/c1-10(19)18-14-8-7-12(17)9-13(14)16(20)15(18)11-5-3-2-4-6-11/h2-9,15H,1H3. The second-order valence-electron chi connectivity index (χ2n) is 4.73. The summed E-state index contributed by atoms with van der Waals surface area (Å²) in [5, 5.41) is 0. The zero-order valence-electron chi connectivity index (χ0n) is 10.8. The van der Waals surface area contributed by atoms with Crippen LogP contribution in [-0.4, -0.2) is 11.7 Å². The van der Waals surface area contributed by atoms with Crippen LogP contribution in [0.4, 0.5) is 10.1 Å². The van der Waals surface area contributed by atoms with Crippen LogP contribution in [0.25, 0.3) is 0 Å². The molecule has 2 aromatic carbocycles. The van der Waals surface area contributed by atoms with Crippen LogP contribution in [0.5, 0.6) is 0 Å². The van der Waals surface area contributed by atoms with E-state index in [4.69, 9.17) is 0 Å². The van der Waals surface area contributed by atoms with Crippen molar-refractivity contribution in [1.29, 1.82) is 0 Å². The molecule has 2 aromatic rings. The molecule has 0 radical (unpaired) electrons. The van der Waals surface area contributed by atoms with Crippen molar-refractivity contribution in [3.63, 3.8) is 0 Å². The minimum atomic E-state index is -0.703. The van der Waals surface area contributed by atoms with Crippen LogP contribution in [0.15, 0.2) is 48.5 Å². The van der Waals surface area contributed by atoms with Crippen LogP contribution in [0, 0.1) is 5.82 Å². The summed E-state index contributed by atoms with van der Waals surface area (Å²) in [6.07, 6.45) is 0. The highest BCUT2D eigenvalue weighted by Crippen LogP contribution is 2.40. The van der Waals surface area contributed by atoms with Crippen LogP contribution >= 0.6 is 0 Å². The second kappa shape index (κ2) is 4.56. The Morgan fingerprint density at radius 1 is 1.15 bits per heavy atom. The number of rotatable bonds is 1. The third-order valence-electron chi connectivity index (χ3n) is 3.44. The molecule has 1 aliphatic rings. The number of benzene rings is 2. The molecule has 0 saturated carbocycles. The van der Waals surface area contributed by atoms with Crippen molar-refractivity contribution >= 4 is 17.4 Å². The molecule has 0 aromatic heterocycles. The number of anilines is 1. The van der Waals surface area contributed by atoms with Crippen molar-refractivity contribution < 1.29 is 14.0 Å². The Kier molecular flexibility index (Phi) is 2.86. The van der Waals surface area contributed by atoms with Gasteiger partial charge in [0.1, 0.15) is 11.9 Å². The molecule has 1 unspecified atom stereocenters. The van der Waals surface area contributed by atoms with Crippen LogP contribution < -0.4 is 4.90 Å². The molecule has 1 amide bonds. The van der Waals surface area contributed by atoms with Gasteiger partial charge in [-0.2, -0.15) is 0 Å². The Labute approximate surface area is 115 Å². The van der Waals surface area contributed by atoms with E-state index < -0.39 is 11.9 Å². The van der Waals surface area contributed by atoms with Crippen molar-refractivity contribution in [2.24, 2.45) is 0 Å². The average molecular weight is 269 g/mol. The lowest BCUT2D eigenvalue weighted by molar-refractivity contribution is -0.116. The summed E-state index contributed by atoms with van der Waals surface area (Å²) >= 11 is 0. The van der Waals surface area contributed by atoms with Crippen LogP contribution in [-0.2, 0) is 4.79 Å². The molecule has 0 aliphatic carbocycles. The fraction of sp³-hybridized carbons (Fsp3) is 0.125. The van der Waals surface area contributed by atoms with Gasteiger partial charge in [0.2, 0.25) is 5.91 Å². The maximum atomic E-state index is 13.3. The number of halogens is 1. The molecule has 3 rings (SSSR count). The number of carbonyl (C=O) groups is 2. The number of hydrogen-bond acceptors (Lipinski definition) is 2. The highest BCUT2D eigenvalue weighted by molar-refractivity contribution is 6.17. The molecule has 0 N–H and O–H groups in total. The van der Waals surface area contributed by atoms with E-state index in [1.165, 1.54) is 30.0 Å². The number of nitrogens with zero attached hydrogens (tertiary/aromatic N) is 1. The summed E-state index contributed by atoms with van der Waals surface area (Å²) in [7, 11) is 0. The predicted molar refractivity (Wildman–Crippen MR) is 73.1 cm³/mol. The number of Topliss-reactive ketones (excluding diaryl/α,β-unsaturated/α-hetero) is 1. The molecule has 0 bridgehead atoms. The fourth-order valence-corrected chi connectivity index (χ4v) is 2.61. The first-order valence-corrected chi connectivity index (χ1v) is 6.28. The Morgan fingerprint density at radius 2 is 1.85 bits per heavy atom. The Balaban J connectivity index is 2.18. The van der Waals surface area contributed by atoms with E-state index in [-0.39, 0.29) is 17.3 Å². The van der Waals surface area contributed by atoms with Gasteiger partial charge in [0.15, 0.2) is 5.78 Å². The van der Waals surface area contributed by atoms with Gasteiger partial charge >= 0.3 is 0 Å². The zero-order chi connectivity index (χ0) is 14.3. The first-order valence-electron chi connectivity index (χ1n) is 6.28. The molecular formula is C16H12FNO2. The molecule has 3 nitrogen and oxygen atoms in total. The van der Waals surface area contributed by atoms with E-state index in [9.17, 15) is 14.0 Å². The summed E-state index contributed by atoms with van der Waals surface area (Å²) in [5.74, 6) is -0.965. The van der Waals surface area contributed by atoms with Gasteiger partial charge in [-0.1, -0.05) is 30.3 Å². The largest absolute Gasteiger partial charge is 0.297 e.